The van der Waals surface area contributed by atoms with Crippen LogP contribution < -0.4 is 5.84 Å². The predicted octanol–water partition coefficient (Wildman–Crippen LogP) is 4.32. The maximum Gasteiger partial charge on any atom is 0.0977 e. The van der Waals surface area contributed by atoms with Crippen molar-refractivity contribution in [1.29, 1.82) is 0 Å². The van der Waals surface area contributed by atoms with Gasteiger partial charge in [-0.2, -0.15) is 5.10 Å². The molecule has 0 fully saturated rings. The molecule has 0 spiro atoms. The normalized spacial score (nSPS) is 10.3. The number of hydrogen-bond donors (Lipinski definition) is 1. The molecule has 0 aliphatic carbocycles. The number of halogens is 2. The van der Waals surface area contributed by atoms with Crippen molar-refractivity contribution in [2.24, 2.45) is 10.9 Å². The van der Waals surface area contributed by atoms with Gasteiger partial charge in [-0.3, -0.25) is 0 Å². The van der Waals surface area contributed by atoms with E-state index in [-0.39, 0.29) is 0 Å². The first kappa shape index (κ1) is 13.9. The van der Waals surface area contributed by atoms with Crippen LogP contribution in [0.3, 0.4) is 0 Å². The summed E-state index contributed by atoms with van der Waals surface area (Å²) in [5.41, 5.74) is 4.43. The highest BCUT2D eigenvalue weighted by atomic mass is 35.5. The lowest BCUT2D eigenvalue weighted by Gasteiger charge is -2.13. The van der Waals surface area contributed by atoms with Crippen molar-refractivity contribution in [1.82, 2.24) is 0 Å². The van der Waals surface area contributed by atoms with Crippen molar-refractivity contribution in [2.45, 2.75) is 13.8 Å². The molecule has 0 aromatic heterocycles. The van der Waals surface area contributed by atoms with Gasteiger partial charge in [-0.1, -0.05) is 47.5 Å². The Bertz CT molecular complexity index is 595. The molecular formula is C15H14Cl2N2. The Kier molecular flexibility index (Phi) is 4.13. The topological polar surface area (TPSA) is 38.4 Å². The van der Waals surface area contributed by atoms with Crippen LogP contribution in [0.15, 0.2) is 41.5 Å². The Morgan fingerprint density at radius 1 is 0.895 bits per heavy atom. The highest BCUT2D eigenvalue weighted by Gasteiger charge is 2.14. The van der Waals surface area contributed by atoms with Crippen LogP contribution in [0.1, 0.15) is 22.3 Å². The van der Waals surface area contributed by atoms with Gasteiger partial charge in [0.15, 0.2) is 0 Å². The fourth-order valence-electron chi connectivity index (χ4n) is 2.01. The van der Waals surface area contributed by atoms with E-state index in [4.69, 9.17) is 29.0 Å². The highest BCUT2D eigenvalue weighted by Crippen LogP contribution is 2.25. The fourth-order valence-corrected chi connectivity index (χ4v) is 2.36. The molecule has 0 radical (unpaired) electrons. The Hall–Kier alpha value is -1.51. The Morgan fingerprint density at radius 3 is 1.68 bits per heavy atom. The van der Waals surface area contributed by atoms with E-state index in [0.29, 0.717) is 15.8 Å². The summed E-state index contributed by atoms with van der Waals surface area (Å²) < 4.78 is 0. The first-order valence-corrected chi connectivity index (χ1v) is 6.60. The average Bonchev–Trinajstić information content (AvgIpc) is 2.40. The summed E-state index contributed by atoms with van der Waals surface area (Å²) in [6.45, 7) is 3.89. The molecule has 0 heterocycles. The zero-order valence-corrected chi connectivity index (χ0v) is 12.3. The lowest BCUT2D eigenvalue weighted by Crippen LogP contribution is -2.10. The number of hydrogen-bond acceptors (Lipinski definition) is 2. The number of nitrogens with two attached hydrogens (primary N) is 1. The van der Waals surface area contributed by atoms with E-state index >= 15 is 0 Å². The molecule has 2 nitrogen and oxygen atoms in total. The van der Waals surface area contributed by atoms with Crippen LogP contribution in [0.2, 0.25) is 10.0 Å². The third-order valence-electron chi connectivity index (χ3n) is 3.17. The van der Waals surface area contributed by atoms with Gasteiger partial charge >= 0.3 is 0 Å². The quantitative estimate of drug-likeness (QED) is 0.500. The molecule has 0 amide bonds. The Morgan fingerprint density at radius 2 is 1.32 bits per heavy atom. The summed E-state index contributed by atoms with van der Waals surface area (Å²) in [4.78, 5) is 0. The van der Waals surface area contributed by atoms with E-state index in [1.54, 1.807) is 0 Å². The van der Waals surface area contributed by atoms with Gasteiger partial charge in [-0.25, -0.2) is 0 Å². The lowest BCUT2D eigenvalue weighted by molar-refractivity contribution is 1.23. The van der Waals surface area contributed by atoms with Gasteiger partial charge in [0.2, 0.25) is 0 Å². The predicted molar refractivity (Wildman–Crippen MR) is 82.2 cm³/mol. The Balaban J connectivity index is 2.64. The number of hydrazone groups is 1. The molecule has 0 aliphatic rings. The molecule has 2 N–H and O–H groups in total. The van der Waals surface area contributed by atoms with Crippen molar-refractivity contribution < 1.29 is 0 Å². The average molecular weight is 293 g/mol. The summed E-state index contributed by atoms with van der Waals surface area (Å²) in [7, 11) is 0. The van der Waals surface area contributed by atoms with Crippen LogP contribution >= 0.6 is 23.2 Å². The SMILES string of the molecule is Cc1c(Cl)cccc1C(=NN)c1cccc(Cl)c1C. The van der Waals surface area contributed by atoms with Crippen LogP contribution in [0.25, 0.3) is 0 Å². The third kappa shape index (κ3) is 2.60. The minimum atomic E-state index is 0.693. The molecule has 0 bridgehead atoms. The second-order valence-corrected chi connectivity index (χ2v) is 5.12. The van der Waals surface area contributed by atoms with Crippen LogP contribution in [-0.2, 0) is 0 Å². The van der Waals surface area contributed by atoms with E-state index in [1.807, 2.05) is 50.2 Å². The standard InChI is InChI=1S/C15H14Cl2N2/c1-9-11(5-3-7-13(9)16)15(19-18)12-6-4-8-14(17)10(12)2/h3-8H,18H2,1-2H3. The molecule has 2 aromatic carbocycles. The van der Waals surface area contributed by atoms with E-state index in [9.17, 15) is 0 Å². The smallest absolute Gasteiger partial charge is 0.0977 e. The van der Waals surface area contributed by atoms with Gasteiger partial charge in [0.1, 0.15) is 0 Å². The molecule has 19 heavy (non-hydrogen) atoms. The number of rotatable bonds is 2. The molecule has 0 saturated carbocycles. The zero-order valence-electron chi connectivity index (χ0n) is 10.7. The van der Waals surface area contributed by atoms with E-state index in [2.05, 4.69) is 5.10 Å². The second kappa shape index (κ2) is 5.64. The molecule has 2 rings (SSSR count). The summed E-state index contributed by atoms with van der Waals surface area (Å²) >= 11 is 12.3. The molecule has 0 unspecified atom stereocenters. The Labute approximate surface area is 122 Å². The first-order chi connectivity index (χ1) is 9.06. The van der Waals surface area contributed by atoms with Gasteiger partial charge in [-0.05, 0) is 37.1 Å². The number of nitrogens with zero attached hydrogens (tertiary/aromatic N) is 1. The molecular weight excluding hydrogens is 279 g/mol. The molecule has 98 valence electrons. The van der Waals surface area contributed by atoms with Crippen LogP contribution in [-0.4, -0.2) is 5.71 Å². The van der Waals surface area contributed by atoms with Gasteiger partial charge in [0.25, 0.3) is 0 Å². The fraction of sp³-hybridized carbons (Fsp3) is 0.133. The third-order valence-corrected chi connectivity index (χ3v) is 3.99. The van der Waals surface area contributed by atoms with Gasteiger partial charge < -0.3 is 5.84 Å². The minimum absolute atomic E-state index is 0.693. The largest absolute Gasteiger partial charge is 0.323 e. The van der Waals surface area contributed by atoms with E-state index in [1.165, 1.54) is 0 Å². The summed E-state index contributed by atoms with van der Waals surface area (Å²) in [6, 6.07) is 11.4. The van der Waals surface area contributed by atoms with Crippen molar-refractivity contribution in [3.63, 3.8) is 0 Å². The maximum atomic E-state index is 6.15. The molecule has 2 aromatic rings. The van der Waals surface area contributed by atoms with E-state index in [0.717, 1.165) is 22.3 Å². The minimum Gasteiger partial charge on any atom is -0.323 e. The maximum absolute atomic E-state index is 6.15. The van der Waals surface area contributed by atoms with Crippen molar-refractivity contribution in [3.8, 4) is 0 Å². The summed E-state index contributed by atoms with van der Waals surface area (Å²) in [5.74, 6) is 5.58. The van der Waals surface area contributed by atoms with Crippen molar-refractivity contribution >= 4 is 28.9 Å². The number of benzene rings is 2. The van der Waals surface area contributed by atoms with Crippen molar-refractivity contribution in [2.75, 3.05) is 0 Å². The van der Waals surface area contributed by atoms with Gasteiger partial charge in [0.05, 0.1) is 5.71 Å². The van der Waals surface area contributed by atoms with Crippen molar-refractivity contribution in [3.05, 3.63) is 68.7 Å². The monoisotopic (exact) mass is 292 g/mol. The summed E-state index contributed by atoms with van der Waals surface area (Å²) in [5, 5.41) is 5.32. The van der Waals surface area contributed by atoms with E-state index < -0.39 is 0 Å². The van der Waals surface area contributed by atoms with Crippen LogP contribution in [0.4, 0.5) is 0 Å². The zero-order chi connectivity index (χ0) is 14.0. The molecule has 0 atom stereocenters. The molecule has 0 saturated heterocycles. The van der Waals surface area contributed by atoms with Crippen LogP contribution in [0, 0.1) is 13.8 Å². The lowest BCUT2D eigenvalue weighted by atomic mass is 9.95. The second-order valence-electron chi connectivity index (χ2n) is 4.30. The molecule has 4 heteroatoms. The molecule has 0 aliphatic heterocycles. The highest BCUT2D eigenvalue weighted by molar-refractivity contribution is 6.33. The van der Waals surface area contributed by atoms with Gasteiger partial charge in [0, 0.05) is 21.2 Å². The van der Waals surface area contributed by atoms with Crippen LogP contribution in [0.5, 0.6) is 0 Å². The first-order valence-electron chi connectivity index (χ1n) is 5.85. The van der Waals surface area contributed by atoms with Gasteiger partial charge in [-0.15, -0.1) is 0 Å². The summed E-state index contributed by atoms with van der Waals surface area (Å²) in [6.07, 6.45) is 0.